The lowest BCUT2D eigenvalue weighted by molar-refractivity contribution is 0.600. The van der Waals surface area contributed by atoms with Crippen LogP contribution in [0.1, 0.15) is 30.0 Å². The second-order valence-electron chi connectivity index (χ2n) is 4.72. The number of aryl methyl sites for hydroxylation is 1. The molecule has 1 heterocycles. The Balaban J connectivity index is 1.86. The molecule has 100 valence electrons. The fourth-order valence-corrected chi connectivity index (χ4v) is 4.22. The zero-order chi connectivity index (χ0) is 13.5. The number of rotatable bonds is 4. The van der Waals surface area contributed by atoms with E-state index in [1.54, 1.807) is 25.1 Å². The summed E-state index contributed by atoms with van der Waals surface area (Å²) in [7, 11) is -3.54. The highest BCUT2D eigenvalue weighted by atomic mass is 32.2. The highest BCUT2D eigenvalue weighted by molar-refractivity contribution is 7.93. The average molecular weight is 294 g/mol. The summed E-state index contributed by atoms with van der Waals surface area (Å²) in [6.07, 6.45) is 2.32. The maximum Gasteiger partial charge on any atom is 0.263 e. The molecule has 0 unspecified atom stereocenters. The van der Waals surface area contributed by atoms with Gasteiger partial charge in [0, 0.05) is 11.3 Å². The van der Waals surface area contributed by atoms with Crippen LogP contribution in [0.3, 0.4) is 0 Å². The zero-order valence-corrected chi connectivity index (χ0v) is 12.1. The van der Waals surface area contributed by atoms with Gasteiger partial charge in [-0.05, 0) is 31.4 Å². The Kier molecular flexibility index (Phi) is 3.06. The molecule has 4 nitrogen and oxygen atoms in total. The highest BCUT2D eigenvalue weighted by Crippen LogP contribution is 2.41. The van der Waals surface area contributed by atoms with E-state index in [0.29, 0.717) is 15.9 Å². The van der Waals surface area contributed by atoms with Gasteiger partial charge in [-0.15, -0.1) is 11.3 Å². The molecule has 0 saturated heterocycles. The SMILES string of the molecule is Cc1ccccc1S(=O)(=O)Nc1nc(C2CC2)cs1. The van der Waals surface area contributed by atoms with Crippen molar-refractivity contribution in [3.8, 4) is 0 Å². The van der Waals surface area contributed by atoms with E-state index in [1.807, 2.05) is 11.4 Å². The van der Waals surface area contributed by atoms with Crippen molar-refractivity contribution in [1.82, 2.24) is 4.98 Å². The Morgan fingerprint density at radius 2 is 2.05 bits per heavy atom. The first-order valence-corrected chi connectivity index (χ1v) is 8.46. The Hall–Kier alpha value is -1.40. The van der Waals surface area contributed by atoms with Gasteiger partial charge in [0.05, 0.1) is 10.6 Å². The first-order valence-electron chi connectivity index (χ1n) is 6.10. The van der Waals surface area contributed by atoms with Crippen LogP contribution >= 0.6 is 11.3 Å². The van der Waals surface area contributed by atoms with Crippen LogP contribution in [-0.2, 0) is 10.0 Å². The molecule has 0 bridgehead atoms. The molecule has 2 aromatic rings. The molecule has 1 saturated carbocycles. The van der Waals surface area contributed by atoms with Gasteiger partial charge < -0.3 is 0 Å². The van der Waals surface area contributed by atoms with Crippen molar-refractivity contribution in [3.63, 3.8) is 0 Å². The first kappa shape index (κ1) is 12.6. The lowest BCUT2D eigenvalue weighted by atomic mass is 10.2. The highest BCUT2D eigenvalue weighted by Gasteiger charge is 2.27. The van der Waals surface area contributed by atoms with Crippen molar-refractivity contribution in [1.29, 1.82) is 0 Å². The molecule has 3 rings (SSSR count). The largest absolute Gasteiger partial charge is 0.263 e. The molecule has 1 fully saturated rings. The van der Waals surface area contributed by atoms with Crippen molar-refractivity contribution in [3.05, 3.63) is 40.9 Å². The van der Waals surface area contributed by atoms with Crippen LogP contribution in [0, 0.1) is 6.92 Å². The number of sulfonamides is 1. The minimum atomic E-state index is -3.54. The van der Waals surface area contributed by atoms with E-state index in [1.165, 1.54) is 11.3 Å². The van der Waals surface area contributed by atoms with Crippen LogP contribution in [0.2, 0.25) is 0 Å². The van der Waals surface area contributed by atoms with E-state index in [9.17, 15) is 8.42 Å². The Bertz CT molecular complexity index is 703. The average Bonchev–Trinajstić information content (AvgIpc) is 3.11. The van der Waals surface area contributed by atoms with E-state index >= 15 is 0 Å². The summed E-state index contributed by atoms with van der Waals surface area (Å²) in [6.45, 7) is 1.78. The summed E-state index contributed by atoms with van der Waals surface area (Å²) >= 11 is 1.34. The maximum atomic E-state index is 12.3. The van der Waals surface area contributed by atoms with Crippen LogP contribution in [0.15, 0.2) is 34.5 Å². The molecule has 6 heteroatoms. The third kappa shape index (κ3) is 2.64. The predicted octanol–water partition coefficient (Wildman–Crippen LogP) is 3.13. The summed E-state index contributed by atoms with van der Waals surface area (Å²) < 4.78 is 27.1. The molecule has 1 aromatic carbocycles. The summed E-state index contributed by atoms with van der Waals surface area (Å²) in [5, 5.41) is 2.39. The molecule has 1 aromatic heterocycles. The Labute approximate surface area is 116 Å². The van der Waals surface area contributed by atoms with Gasteiger partial charge in [0.25, 0.3) is 10.0 Å². The molecule has 0 amide bonds. The smallest absolute Gasteiger partial charge is 0.255 e. The molecule has 19 heavy (non-hydrogen) atoms. The lowest BCUT2D eigenvalue weighted by Gasteiger charge is -2.07. The molecule has 0 aliphatic heterocycles. The van der Waals surface area contributed by atoms with Crippen molar-refractivity contribution >= 4 is 26.5 Å². The van der Waals surface area contributed by atoms with Crippen LogP contribution in [0.4, 0.5) is 5.13 Å². The molecule has 1 aliphatic carbocycles. The van der Waals surface area contributed by atoms with E-state index in [0.717, 1.165) is 24.1 Å². The standard InChI is InChI=1S/C13H14N2O2S2/c1-9-4-2-3-5-12(9)19(16,17)15-13-14-11(8-18-13)10-6-7-10/h2-5,8,10H,6-7H2,1H3,(H,14,15). The molecule has 0 radical (unpaired) electrons. The van der Waals surface area contributed by atoms with Gasteiger partial charge in [0.2, 0.25) is 0 Å². The number of nitrogens with zero attached hydrogens (tertiary/aromatic N) is 1. The summed E-state index contributed by atoms with van der Waals surface area (Å²) in [4.78, 5) is 4.64. The van der Waals surface area contributed by atoms with Crippen molar-refractivity contribution < 1.29 is 8.42 Å². The van der Waals surface area contributed by atoms with Crippen LogP contribution in [0.25, 0.3) is 0 Å². The van der Waals surface area contributed by atoms with Gasteiger partial charge in [-0.3, -0.25) is 4.72 Å². The van der Waals surface area contributed by atoms with Crippen LogP contribution in [0.5, 0.6) is 0 Å². The minimum absolute atomic E-state index is 0.304. The van der Waals surface area contributed by atoms with Crippen molar-refractivity contribution in [2.24, 2.45) is 0 Å². The van der Waals surface area contributed by atoms with Crippen molar-refractivity contribution in [2.75, 3.05) is 4.72 Å². The van der Waals surface area contributed by atoms with Gasteiger partial charge in [-0.2, -0.15) is 0 Å². The van der Waals surface area contributed by atoms with Crippen LogP contribution < -0.4 is 4.72 Å². The number of aromatic nitrogens is 1. The quantitative estimate of drug-likeness (QED) is 0.942. The van der Waals surface area contributed by atoms with Gasteiger partial charge in [0.15, 0.2) is 5.13 Å². The fourth-order valence-electron chi connectivity index (χ4n) is 1.93. The first-order chi connectivity index (χ1) is 9.06. The second kappa shape index (κ2) is 4.61. The number of hydrogen-bond donors (Lipinski definition) is 1. The van der Waals surface area contributed by atoms with E-state index in [4.69, 9.17) is 0 Å². The molecular weight excluding hydrogens is 280 g/mol. The number of thiazole rings is 1. The third-order valence-electron chi connectivity index (χ3n) is 3.12. The number of anilines is 1. The zero-order valence-electron chi connectivity index (χ0n) is 10.5. The third-order valence-corrected chi connectivity index (χ3v) is 5.53. The summed E-state index contributed by atoms with van der Waals surface area (Å²) in [5.74, 6) is 0.535. The molecule has 0 atom stereocenters. The fraction of sp³-hybridized carbons (Fsp3) is 0.308. The lowest BCUT2D eigenvalue weighted by Crippen LogP contribution is -2.14. The number of benzene rings is 1. The second-order valence-corrected chi connectivity index (χ2v) is 7.23. The number of hydrogen-bond acceptors (Lipinski definition) is 4. The predicted molar refractivity (Wildman–Crippen MR) is 76.1 cm³/mol. The maximum absolute atomic E-state index is 12.3. The Morgan fingerprint density at radius 3 is 2.74 bits per heavy atom. The summed E-state index contributed by atoms with van der Waals surface area (Å²) in [6, 6.07) is 6.93. The van der Waals surface area contributed by atoms with Gasteiger partial charge >= 0.3 is 0 Å². The minimum Gasteiger partial charge on any atom is -0.255 e. The monoisotopic (exact) mass is 294 g/mol. The summed E-state index contributed by atoms with van der Waals surface area (Å²) in [5.41, 5.74) is 1.74. The topological polar surface area (TPSA) is 59.1 Å². The van der Waals surface area contributed by atoms with Gasteiger partial charge in [-0.25, -0.2) is 13.4 Å². The van der Waals surface area contributed by atoms with E-state index < -0.39 is 10.0 Å². The molecule has 1 aliphatic rings. The van der Waals surface area contributed by atoms with E-state index in [2.05, 4.69) is 9.71 Å². The van der Waals surface area contributed by atoms with E-state index in [-0.39, 0.29) is 0 Å². The Morgan fingerprint density at radius 1 is 1.32 bits per heavy atom. The van der Waals surface area contributed by atoms with Gasteiger partial charge in [0.1, 0.15) is 0 Å². The molecule has 0 spiro atoms. The number of nitrogens with one attached hydrogen (secondary N) is 1. The van der Waals surface area contributed by atoms with Gasteiger partial charge in [-0.1, -0.05) is 18.2 Å². The molecular formula is C13H14N2O2S2. The normalized spacial score (nSPS) is 15.4. The molecule has 1 N–H and O–H groups in total. The van der Waals surface area contributed by atoms with Crippen molar-refractivity contribution in [2.45, 2.75) is 30.6 Å². The van der Waals surface area contributed by atoms with Crippen LogP contribution in [-0.4, -0.2) is 13.4 Å².